The number of nitrogen functional groups attached to an aromatic ring is 1. The molecule has 5 heteroatoms. The standard InChI is InChI=1S/C10H16N2O2.ClH/c1-4-14-10(13)8-5-12(7(2)3)6-9(8)11;/h5-7H,4,11H2,1-3H3;1H. The summed E-state index contributed by atoms with van der Waals surface area (Å²) in [6, 6.07) is 0.292. The number of hydrogen-bond donors (Lipinski definition) is 1. The minimum atomic E-state index is -0.357. The summed E-state index contributed by atoms with van der Waals surface area (Å²) in [5.74, 6) is -0.357. The van der Waals surface area contributed by atoms with Gasteiger partial charge in [-0.3, -0.25) is 0 Å². The molecule has 1 rings (SSSR count). The molecule has 86 valence electrons. The first kappa shape index (κ1) is 13.8. The fourth-order valence-electron chi connectivity index (χ4n) is 1.17. The molecule has 1 aromatic rings. The number of anilines is 1. The molecule has 0 spiro atoms. The third-order valence-electron chi connectivity index (χ3n) is 1.97. The summed E-state index contributed by atoms with van der Waals surface area (Å²) in [5.41, 5.74) is 6.60. The second-order valence-electron chi connectivity index (χ2n) is 3.39. The third kappa shape index (κ3) is 3.16. The molecule has 0 unspecified atom stereocenters. The van der Waals surface area contributed by atoms with E-state index in [4.69, 9.17) is 10.5 Å². The monoisotopic (exact) mass is 232 g/mol. The van der Waals surface area contributed by atoms with Crippen LogP contribution in [0.15, 0.2) is 12.4 Å². The Labute approximate surface area is 95.8 Å². The lowest BCUT2D eigenvalue weighted by molar-refractivity contribution is 0.0527. The molecular formula is C10H17ClN2O2. The second-order valence-corrected chi connectivity index (χ2v) is 3.39. The van der Waals surface area contributed by atoms with Crippen LogP contribution in [0.3, 0.4) is 0 Å². The van der Waals surface area contributed by atoms with Crippen LogP contribution in [0.2, 0.25) is 0 Å². The lowest BCUT2D eigenvalue weighted by Gasteiger charge is -2.04. The van der Waals surface area contributed by atoms with Gasteiger partial charge >= 0.3 is 5.97 Å². The first-order valence-corrected chi connectivity index (χ1v) is 4.70. The van der Waals surface area contributed by atoms with Gasteiger partial charge in [0.1, 0.15) is 5.56 Å². The SMILES string of the molecule is CCOC(=O)c1cn(C(C)C)cc1N.Cl. The quantitative estimate of drug-likeness (QED) is 0.814. The summed E-state index contributed by atoms with van der Waals surface area (Å²) in [6.45, 7) is 6.18. The summed E-state index contributed by atoms with van der Waals surface area (Å²) < 4.78 is 6.76. The lowest BCUT2D eigenvalue weighted by Crippen LogP contribution is -2.05. The van der Waals surface area contributed by atoms with Crippen molar-refractivity contribution in [2.45, 2.75) is 26.8 Å². The Balaban J connectivity index is 0.00000196. The fourth-order valence-corrected chi connectivity index (χ4v) is 1.17. The molecule has 0 bridgehead atoms. The van der Waals surface area contributed by atoms with Crippen LogP contribution in [-0.2, 0) is 4.74 Å². The predicted octanol–water partition coefficient (Wildman–Crippen LogP) is 2.25. The van der Waals surface area contributed by atoms with E-state index in [1.807, 2.05) is 18.4 Å². The van der Waals surface area contributed by atoms with Crippen LogP contribution in [0, 0.1) is 0 Å². The highest BCUT2D eigenvalue weighted by atomic mass is 35.5. The second kappa shape index (κ2) is 5.66. The minimum absolute atomic E-state index is 0. The van der Waals surface area contributed by atoms with Gasteiger partial charge in [-0.2, -0.15) is 0 Å². The molecule has 1 aromatic heterocycles. The van der Waals surface area contributed by atoms with E-state index in [2.05, 4.69) is 0 Å². The Kier molecular flexibility index (Phi) is 5.22. The first-order chi connectivity index (χ1) is 6.56. The lowest BCUT2D eigenvalue weighted by atomic mass is 10.3. The van der Waals surface area contributed by atoms with E-state index in [1.54, 1.807) is 19.3 Å². The Bertz CT molecular complexity index is 334. The number of nitrogens with two attached hydrogens (primary N) is 1. The predicted molar refractivity (Wildman–Crippen MR) is 62.4 cm³/mol. The van der Waals surface area contributed by atoms with Crippen molar-refractivity contribution in [3.05, 3.63) is 18.0 Å². The molecule has 0 aliphatic carbocycles. The van der Waals surface area contributed by atoms with E-state index >= 15 is 0 Å². The third-order valence-corrected chi connectivity index (χ3v) is 1.97. The molecule has 0 fully saturated rings. The Hall–Kier alpha value is -1.16. The number of carbonyl (C=O) groups is 1. The average Bonchev–Trinajstić information content (AvgIpc) is 2.48. The molecule has 0 saturated carbocycles. The van der Waals surface area contributed by atoms with Crippen molar-refractivity contribution in [2.75, 3.05) is 12.3 Å². The van der Waals surface area contributed by atoms with Crippen molar-refractivity contribution in [1.82, 2.24) is 4.57 Å². The van der Waals surface area contributed by atoms with Gasteiger partial charge in [-0.25, -0.2) is 4.79 Å². The molecular weight excluding hydrogens is 216 g/mol. The molecule has 0 aliphatic rings. The molecule has 0 saturated heterocycles. The highest BCUT2D eigenvalue weighted by Crippen LogP contribution is 2.17. The number of ether oxygens (including phenoxy) is 1. The van der Waals surface area contributed by atoms with Crippen molar-refractivity contribution in [3.8, 4) is 0 Å². The van der Waals surface area contributed by atoms with Gasteiger partial charge in [0.25, 0.3) is 0 Å². The van der Waals surface area contributed by atoms with Crippen molar-refractivity contribution < 1.29 is 9.53 Å². The van der Waals surface area contributed by atoms with Crippen molar-refractivity contribution in [3.63, 3.8) is 0 Å². The van der Waals surface area contributed by atoms with Crippen LogP contribution in [-0.4, -0.2) is 17.1 Å². The Morgan fingerprint density at radius 2 is 2.13 bits per heavy atom. The molecule has 0 atom stereocenters. The van der Waals surface area contributed by atoms with E-state index in [1.165, 1.54) is 0 Å². The van der Waals surface area contributed by atoms with Crippen molar-refractivity contribution in [2.24, 2.45) is 0 Å². The largest absolute Gasteiger partial charge is 0.462 e. The van der Waals surface area contributed by atoms with Gasteiger partial charge < -0.3 is 15.0 Å². The number of halogens is 1. The zero-order chi connectivity index (χ0) is 10.7. The van der Waals surface area contributed by atoms with Gasteiger partial charge in [-0.15, -0.1) is 12.4 Å². The number of nitrogens with zero attached hydrogens (tertiary/aromatic N) is 1. The summed E-state index contributed by atoms with van der Waals surface area (Å²) in [7, 11) is 0. The first-order valence-electron chi connectivity index (χ1n) is 4.70. The van der Waals surface area contributed by atoms with Gasteiger partial charge in [0.15, 0.2) is 0 Å². The van der Waals surface area contributed by atoms with Gasteiger partial charge in [0, 0.05) is 18.4 Å². The number of hydrogen-bond acceptors (Lipinski definition) is 3. The molecule has 4 nitrogen and oxygen atoms in total. The topological polar surface area (TPSA) is 57.2 Å². The number of esters is 1. The smallest absolute Gasteiger partial charge is 0.341 e. The number of rotatable bonds is 3. The zero-order valence-electron chi connectivity index (χ0n) is 9.19. The highest BCUT2D eigenvalue weighted by Gasteiger charge is 2.14. The van der Waals surface area contributed by atoms with Gasteiger partial charge in [0.05, 0.1) is 12.3 Å². The van der Waals surface area contributed by atoms with E-state index in [0.717, 1.165) is 0 Å². The summed E-state index contributed by atoms with van der Waals surface area (Å²) in [5, 5.41) is 0. The summed E-state index contributed by atoms with van der Waals surface area (Å²) in [4.78, 5) is 11.4. The number of carbonyl (C=O) groups excluding carboxylic acids is 1. The maximum atomic E-state index is 11.4. The van der Waals surface area contributed by atoms with Gasteiger partial charge in [-0.05, 0) is 20.8 Å². The van der Waals surface area contributed by atoms with Crippen LogP contribution in [0.4, 0.5) is 5.69 Å². The Morgan fingerprint density at radius 3 is 2.53 bits per heavy atom. The van der Waals surface area contributed by atoms with Crippen LogP contribution >= 0.6 is 12.4 Å². The summed E-state index contributed by atoms with van der Waals surface area (Å²) >= 11 is 0. The normalized spacial score (nSPS) is 9.87. The highest BCUT2D eigenvalue weighted by molar-refractivity contribution is 5.94. The van der Waals surface area contributed by atoms with Crippen molar-refractivity contribution >= 4 is 24.1 Å². The maximum absolute atomic E-state index is 11.4. The molecule has 0 radical (unpaired) electrons. The molecule has 0 aromatic carbocycles. The molecule has 2 N–H and O–H groups in total. The maximum Gasteiger partial charge on any atom is 0.341 e. The van der Waals surface area contributed by atoms with Gasteiger partial charge in [-0.1, -0.05) is 0 Å². The van der Waals surface area contributed by atoms with Crippen molar-refractivity contribution in [1.29, 1.82) is 0 Å². The van der Waals surface area contributed by atoms with Crippen LogP contribution < -0.4 is 5.73 Å². The average molecular weight is 233 g/mol. The van der Waals surface area contributed by atoms with E-state index in [9.17, 15) is 4.79 Å². The van der Waals surface area contributed by atoms with Crippen LogP contribution in [0.5, 0.6) is 0 Å². The molecule has 1 heterocycles. The zero-order valence-corrected chi connectivity index (χ0v) is 10.0. The molecule has 0 amide bonds. The molecule has 0 aliphatic heterocycles. The minimum Gasteiger partial charge on any atom is -0.462 e. The fraction of sp³-hybridized carbons (Fsp3) is 0.500. The van der Waals surface area contributed by atoms with E-state index in [0.29, 0.717) is 23.9 Å². The van der Waals surface area contributed by atoms with E-state index in [-0.39, 0.29) is 18.4 Å². The van der Waals surface area contributed by atoms with Crippen LogP contribution in [0.25, 0.3) is 0 Å². The Morgan fingerprint density at radius 1 is 1.53 bits per heavy atom. The summed E-state index contributed by atoms with van der Waals surface area (Å²) in [6.07, 6.45) is 3.47. The van der Waals surface area contributed by atoms with E-state index < -0.39 is 0 Å². The number of aromatic nitrogens is 1. The van der Waals surface area contributed by atoms with Crippen LogP contribution in [0.1, 0.15) is 37.2 Å². The van der Waals surface area contributed by atoms with Gasteiger partial charge in [0.2, 0.25) is 0 Å². The molecule has 15 heavy (non-hydrogen) atoms.